The van der Waals surface area contributed by atoms with E-state index in [1.54, 1.807) is 10.9 Å². The van der Waals surface area contributed by atoms with E-state index in [4.69, 9.17) is 11.6 Å². The van der Waals surface area contributed by atoms with Crippen molar-refractivity contribution in [3.05, 3.63) is 57.9 Å². The molecule has 2 heterocycles. The summed E-state index contributed by atoms with van der Waals surface area (Å²) in [6.07, 6.45) is 1.61. The summed E-state index contributed by atoms with van der Waals surface area (Å²) in [6.45, 7) is 1.87. The zero-order chi connectivity index (χ0) is 20.3. The molecule has 1 aromatic carbocycles. The van der Waals surface area contributed by atoms with E-state index in [1.165, 1.54) is 36.4 Å². The molecule has 2 aromatic heterocycles. The average Bonchev–Trinajstić information content (AvgIpc) is 2.96. The highest BCUT2D eigenvalue weighted by atomic mass is 79.9. The van der Waals surface area contributed by atoms with Crippen molar-refractivity contribution in [2.24, 2.45) is 0 Å². The second-order valence-electron chi connectivity index (χ2n) is 5.65. The highest BCUT2D eigenvalue weighted by Crippen LogP contribution is 2.18. The van der Waals surface area contributed by atoms with Gasteiger partial charge in [-0.05, 0) is 59.3 Å². The molecule has 0 radical (unpaired) electrons. The Hall–Kier alpha value is -2.50. The zero-order valence-corrected chi connectivity index (χ0v) is 17.6. The quantitative estimate of drug-likeness (QED) is 0.554. The number of carbonyl (C=O) groups excluding carboxylic acids is 1. The average molecular weight is 486 g/mol. The summed E-state index contributed by atoms with van der Waals surface area (Å²) >= 11 is 8.96. The minimum absolute atomic E-state index is 0.00843. The van der Waals surface area contributed by atoms with Crippen molar-refractivity contribution in [3.8, 4) is 0 Å². The summed E-state index contributed by atoms with van der Waals surface area (Å²) in [6, 6.07) is 8.55. The lowest BCUT2D eigenvalue weighted by Gasteiger charge is -2.09. The van der Waals surface area contributed by atoms with Crippen molar-refractivity contribution in [1.82, 2.24) is 20.0 Å². The number of hydrogen-bond acceptors (Lipinski definition) is 6. The summed E-state index contributed by atoms with van der Waals surface area (Å²) in [5.74, 6) is -0.244. The molecule has 12 heteroatoms. The van der Waals surface area contributed by atoms with E-state index in [-0.39, 0.29) is 28.3 Å². The SMILES string of the molecule is Cc1c(Br)cnn1CC(=O)Nc1ccc(S(=O)(=O)Nc2ccc(Cl)nn2)cc1. The molecule has 0 saturated carbocycles. The normalized spacial score (nSPS) is 11.2. The summed E-state index contributed by atoms with van der Waals surface area (Å²) < 4.78 is 29.4. The van der Waals surface area contributed by atoms with Crippen LogP contribution in [0.15, 0.2) is 52.0 Å². The van der Waals surface area contributed by atoms with Crippen molar-refractivity contribution in [1.29, 1.82) is 0 Å². The second kappa shape index (κ2) is 8.25. The molecule has 28 heavy (non-hydrogen) atoms. The third-order valence-electron chi connectivity index (χ3n) is 3.66. The number of sulfonamides is 1. The highest BCUT2D eigenvalue weighted by molar-refractivity contribution is 9.10. The van der Waals surface area contributed by atoms with Crippen molar-refractivity contribution in [2.45, 2.75) is 18.4 Å². The third-order valence-corrected chi connectivity index (χ3v) is 6.01. The molecule has 9 nitrogen and oxygen atoms in total. The first-order valence-corrected chi connectivity index (χ1v) is 10.5. The van der Waals surface area contributed by atoms with Gasteiger partial charge >= 0.3 is 0 Å². The van der Waals surface area contributed by atoms with Crippen molar-refractivity contribution in [3.63, 3.8) is 0 Å². The molecule has 2 N–H and O–H groups in total. The van der Waals surface area contributed by atoms with Gasteiger partial charge in [-0.1, -0.05) is 11.6 Å². The number of anilines is 2. The fourth-order valence-corrected chi connectivity index (χ4v) is 3.60. The molecule has 0 aliphatic carbocycles. The van der Waals surface area contributed by atoms with Crippen LogP contribution in [0.4, 0.5) is 11.5 Å². The van der Waals surface area contributed by atoms with Gasteiger partial charge in [0, 0.05) is 5.69 Å². The molecule has 0 aliphatic rings. The van der Waals surface area contributed by atoms with Crippen molar-refractivity contribution >= 4 is 55.0 Å². The van der Waals surface area contributed by atoms with E-state index in [2.05, 4.69) is 41.3 Å². The maximum atomic E-state index is 12.4. The van der Waals surface area contributed by atoms with Gasteiger partial charge < -0.3 is 5.32 Å². The van der Waals surface area contributed by atoms with Crippen molar-refractivity contribution in [2.75, 3.05) is 10.0 Å². The number of halogens is 2. The Morgan fingerprint density at radius 1 is 1.18 bits per heavy atom. The smallest absolute Gasteiger partial charge is 0.263 e. The van der Waals surface area contributed by atoms with Gasteiger partial charge in [0.1, 0.15) is 6.54 Å². The van der Waals surface area contributed by atoms with Crippen LogP contribution in [0.2, 0.25) is 5.15 Å². The maximum Gasteiger partial charge on any atom is 0.263 e. The highest BCUT2D eigenvalue weighted by Gasteiger charge is 2.15. The maximum absolute atomic E-state index is 12.4. The van der Waals surface area contributed by atoms with Gasteiger partial charge in [0.15, 0.2) is 11.0 Å². The van der Waals surface area contributed by atoms with Crippen LogP contribution in [0.5, 0.6) is 0 Å². The minimum Gasteiger partial charge on any atom is -0.324 e. The van der Waals surface area contributed by atoms with E-state index < -0.39 is 10.0 Å². The monoisotopic (exact) mass is 484 g/mol. The van der Waals surface area contributed by atoms with Crippen LogP contribution in [-0.4, -0.2) is 34.3 Å². The van der Waals surface area contributed by atoms with E-state index in [1.807, 2.05) is 6.92 Å². The van der Waals surface area contributed by atoms with Crippen LogP contribution in [0.3, 0.4) is 0 Å². The summed E-state index contributed by atoms with van der Waals surface area (Å²) in [5.41, 5.74) is 1.28. The van der Waals surface area contributed by atoms with Gasteiger partial charge in [-0.3, -0.25) is 14.2 Å². The Morgan fingerprint density at radius 3 is 2.46 bits per heavy atom. The molecule has 0 saturated heterocycles. The lowest BCUT2D eigenvalue weighted by Crippen LogP contribution is -2.20. The number of carbonyl (C=O) groups is 1. The zero-order valence-electron chi connectivity index (χ0n) is 14.4. The third kappa shape index (κ3) is 4.86. The van der Waals surface area contributed by atoms with Crippen LogP contribution >= 0.6 is 27.5 Å². The molecule has 0 bridgehead atoms. The molecular formula is C16H14BrClN6O3S. The van der Waals surface area contributed by atoms with Gasteiger partial charge in [0.05, 0.1) is 21.3 Å². The fraction of sp³-hybridized carbons (Fsp3) is 0.125. The number of amides is 1. The Kier molecular flexibility index (Phi) is 5.96. The molecule has 0 spiro atoms. The molecule has 0 atom stereocenters. The number of benzene rings is 1. The van der Waals surface area contributed by atoms with E-state index in [0.29, 0.717) is 5.69 Å². The Labute approximate surface area is 174 Å². The molecule has 146 valence electrons. The number of nitrogens with one attached hydrogen (secondary N) is 2. The van der Waals surface area contributed by atoms with Gasteiger partial charge in [0.25, 0.3) is 10.0 Å². The van der Waals surface area contributed by atoms with Crippen LogP contribution in [0.1, 0.15) is 5.69 Å². The lowest BCUT2D eigenvalue weighted by molar-refractivity contribution is -0.116. The molecule has 3 aromatic rings. The van der Waals surface area contributed by atoms with Crippen LogP contribution in [0, 0.1) is 6.92 Å². The lowest BCUT2D eigenvalue weighted by atomic mass is 10.3. The minimum atomic E-state index is -3.85. The standard InChI is InChI=1S/C16H14BrClN6O3S/c1-10-13(17)8-19-24(10)9-16(25)20-11-2-4-12(5-3-11)28(26,27)23-15-7-6-14(18)21-22-15/h2-8H,9H2,1H3,(H,20,25)(H,22,23). The first-order chi connectivity index (χ1) is 13.2. The Bertz CT molecular complexity index is 1100. The number of hydrogen-bond donors (Lipinski definition) is 2. The number of rotatable bonds is 6. The van der Waals surface area contributed by atoms with Gasteiger partial charge in [-0.25, -0.2) is 8.42 Å². The molecule has 0 fully saturated rings. The number of aromatic nitrogens is 4. The predicted molar refractivity (Wildman–Crippen MR) is 108 cm³/mol. The fourth-order valence-electron chi connectivity index (χ4n) is 2.20. The van der Waals surface area contributed by atoms with Gasteiger partial charge in [0.2, 0.25) is 5.91 Å². The summed E-state index contributed by atoms with van der Waals surface area (Å²) in [4.78, 5) is 12.2. The summed E-state index contributed by atoms with van der Waals surface area (Å²) in [7, 11) is -3.85. The van der Waals surface area contributed by atoms with E-state index in [0.717, 1.165) is 10.2 Å². The van der Waals surface area contributed by atoms with E-state index >= 15 is 0 Å². The molecular weight excluding hydrogens is 472 g/mol. The molecule has 0 unspecified atom stereocenters. The van der Waals surface area contributed by atoms with Crippen LogP contribution in [0.25, 0.3) is 0 Å². The number of nitrogens with zero attached hydrogens (tertiary/aromatic N) is 4. The first-order valence-electron chi connectivity index (χ1n) is 7.84. The van der Waals surface area contributed by atoms with Crippen LogP contribution in [-0.2, 0) is 21.4 Å². The largest absolute Gasteiger partial charge is 0.324 e. The Balaban J connectivity index is 1.66. The second-order valence-corrected chi connectivity index (χ2v) is 8.58. The molecule has 1 amide bonds. The molecule has 0 aliphatic heterocycles. The molecule has 3 rings (SSSR count). The van der Waals surface area contributed by atoms with Crippen molar-refractivity contribution < 1.29 is 13.2 Å². The predicted octanol–water partition coefficient (Wildman–Crippen LogP) is 2.84. The summed E-state index contributed by atoms with van der Waals surface area (Å²) in [5, 5.41) is 14.2. The van der Waals surface area contributed by atoms with Crippen LogP contribution < -0.4 is 10.0 Å². The van der Waals surface area contributed by atoms with Gasteiger partial charge in [-0.15, -0.1) is 10.2 Å². The van der Waals surface area contributed by atoms with Gasteiger partial charge in [-0.2, -0.15) is 5.10 Å². The first kappa shape index (κ1) is 20.2. The topological polar surface area (TPSA) is 119 Å². The van der Waals surface area contributed by atoms with E-state index in [9.17, 15) is 13.2 Å². The Morgan fingerprint density at radius 2 is 1.89 bits per heavy atom.